The summed E-state index contributed by atoms with van der Waals surface area (Å²) in [4.78, 5) is 18.6. The van der Waals surface area contributed by atoms with Gasteiger partial charge in [-0.25, -0.2) is 9.67 Å². The summed E-state index contributed by atoms with van der Waals surface area (Å²) in [6, 6.07) is 3.89. The van der Waals surface area contributed by atoms with Gasteiger partial charge in [0.05, 0.1) is 11.4 Å². The van der Waals surface area contributed by atoms with Crippen LogP contribution in [0.4, 0.5) is 0 Å². The average Bonchev–Trinajstić information content (AvgIpc) is 2.83. The normalized spacial score (nSPS) is 11.1. The van der Waals surface area contributed by atoms with Crippen molar-refractivity contribution in [1.29, 1.82) is 0 Å². The van der Waals surface area contributed by atoms with E-state index >= 15 is 0 Å². The molecule has 0 N–H and O–H groups in total. The van der Waals surface area contributed by atoms with E-state index in [2.05, 4.69) is 37.4 Å². The van der Waals surface area contributed by atoms with E-state index in [4.69, 9.17) is 0 Å². The number of hydrogen-bond acceptors (Lipinski definition) is 4. The third-order valence-corrected chi connectivity index (χ3v) is 3.49. The molecule has 0 aliphatic rings. The van der Waals surface area contributed by atoms with Gasteiger partial charge in [0, 0.05) is 25.5 Å². The lowest BCUT2D eigenvalue weighted by Crippen LogP contribution is -2.19. The van der Waals surface area contributed by atoms with Crippen molar-refractivity contribution >= 4 is 16.8 Å². The summed E-state index contributed by atoms with van der Waals surface area (Å²) in [6.45, 7) is 9.98. The maximum absolute atomic E-state index is 12.4. The molecule has 2 aromatic heterocycles. The second-order valence-corrected chi connectivity index (χ2v) is 5.58. The minimum atomic E-state index is -0.156. The van der Waals surface area contributed by atoms with Crippen molar-refractivity contribution in [2.45, 2.75) is 33.2 Å². The van der Waals surface area contributed by atoms with E-state index in [1.54, 1.807) is 25.1 Å². The van der Waals surface area contributed by atoms with Crippen LogP contribution in [0, 0.1) is 0 Å². The maximum atomic E-state index is 12.4. The third kappa shape index (κ3) is 2.68. The third-order valence-electron chi connectivity index (χ3n) is 3.49. The number of aryl methyl sites for hydroxylation is 1. The van der Waals surface area contributed by atoms with Gasteiger partial charge in [0.2, 0.25) is 5.78 Å². The molecule has 0 fully saturated rings. The number of pyridine rings is 1. The van der Waals surface area contributed by atoms with Crippen LogP contribution in [0.3, 0.4) is 0 Å². The SMILES string of the molecule is C=C(C(=O)c1ccc2c(CC)nn(C(C)C)c2n1)N(C)C. The van der Waals surface area contributed by atoms with Gasteiger partial charge in [0.1, 0.15) is 5.69 Å². The first kappa shape index (κ1) is 15.2. The Labute approximate surface area is 125 Å². The molecule has 0 aliphatic carbocycles. The van der Waals surface area contributed by atoms with Gasteiger partial charge in [0.25, 0.3) is 0 Å². The highest BCUT2D eigenvalue weighted by Crippen LogP contribution is 2.22. The van der Waals surface area contributed by atoms with E-state index in [0.717, 1.165) is 23.1 Å². The lowest BCUT2D eigenvalue weighted by Gasteiger charge is -2.14. The second kappa shape index (κ2) is 5.68. The summed E-state index contributed by atoms with van der Waals surface area (Å²) in [5, 5.41) is 5.61. The molecule has 0 amide bonds. The summed E-state index contributed by atoms with van der Waals surface area (Å²) in [5.41, 5.74) is 2.61. The molecule has 0 saturated heterocycles. The zero-order valence-electron chi connectivity index (χ0n) is 13.3. The average molecular weight is 286 g/mol. The number of hydrogen-bond donors (Lipinski definition) is 0. The molecule has 2 rings (SSSR count). The summed E-state index contributed by atoms with van der Waals surface area (Å²) >= 11 is 0. The molecular weight excluding hydrogens is 264 g/mol. The Hall–Kier alpha value is -2.17. The van der Waals surface area contributed by atoms with Crippen molar-refractivity contribution in [3.8, 4) is 0 Å². The van der Waals surface area contributed by atoms with Crippen LogP contribution in [0.25, 0.3) is 11.0 Å². The van der Waals surface area contributed by atoms with E-state index in [1.165, 1.54) is 0 Å². The molecule has 2 heterocycles. The van der Waals surface area contributed by atoms with Crippen molar-refractivity contribution < 1.29 is 4.79 Å². The maximum Gasteiger partial charge on any atom is 0.226 e. The summed E-state index contributed by atoms with van der Waals surface area (Å²) < 4.78 is 1.88. The fourth-order valence-corrected chi connectivity index (χ4v) is 2.18. The van der Waals surface area contributed by atoms with Gasteiger partial charge in [-0.3, -0.25) is 4.79 Å². The van der Waals surface area contributed by atoms with E-state index in [9.17, 15) is 4.79 Å². The van der Waals surface area contributed by atoms with Crippen LogP contribution in [0.5, 0.6) is 0 Å². The van der Waals surface area contributed by atoms with Crippen molar-refractivity contribution in [3.63, 3.8) is 0 Å². The van der Waals surface area contributed by atoms with E-state index in [-0.39, 0.29) is 11.8 Å². The molecule has 0 radical (unpaired) electrons. The number of Topliss-reactive ketones (excluding diaryl/α,β-unsaturated/α-hetero) is 1. The molecule has 5 heteroatoms. The minimum Gasteiger partial charge on any atom is -0.375 e. The Morgan fingerprint density at radius 1 is 1.38 bits per heavy atom. The standard InChI is InChI=1S/C16H22N4O/c1-7-13-12-8-9-14(15(21)11(4)19(5)6)17-16(12)20(18-13)10(2)3/h8-10H,4,7H2,1-3,5-6H3. The van der Waals surface area contributed by atoms with Crippen LogP contribution < -0.4 is 0 Å². The van der Waals surface area contributed by atoms with Gasteiger partial charge in [-0.2, -0.15) is 5.10 Å². The molecule has 0 aliphatic heterocycles. The number of rotatable bonds is 5. The van der Waals surface area contributed by atoms with Crippen LogP contribution in [0.2, 0.25) is 0 Å². The highest BCUT2D eigenvalue weighted by Gasteiger charge is 2.18. The lowest BCUT2D eigenvalue weighted by molar-refractivity contribution is 0.100. The number of carbonyl (C=O) groups excluding carboxylic acids is 1. The number of carbonyl (C=O) groups is 1. The number of aromatic nitrogens is 3. The van der Waals surface area contributed by atoms with Gasteiger partial charge in [-0.1, -0.05) is 13.5 Å². The van der Waals surface area contributed by atoms with Crippen molar-refractivity contribution in [2.75, 3.05) is 14.1 Å². The molecule has 2 aromatic rings. The fourth-order valence-electron chi connectivity index (χ4n) is 2.18. The molecule has 0 bridgehead atoms. The van der Waals surface area contributed by atoms with Crippen molar-refractivity contribution in [2.24, 2.45) is 0 Å². The molecule has 0 saturated carbocycles. The zero-order chi connectivity index (χ0) is 15.7. The van der Waals surface area contributed by atoms with Gasteiger partial charge in [-0.15, -0.1) is 0 Å². The van der Waals surface area contributed by atoms with E-state index in [0.29, 0.717) is 11.4 Å². The van der Waals surface area contributed by atoms with Crippen LogP contribution in [0.15, 0.2) is 24.4 Å². The monoisotopic (exact) mass is 286 g/mol. The number of nitrogens with zero attached hydrogens (tertiary/aromatic N) is 4. The number of ketones is 1. The summed E-state index contributed by atoms with van der Waals surface area (Å²) in [6.07, 6.45) is 0.843. The molecule has 5 nitrogen and oxygen atoms in total. The molecular formula is C16H22N4O. The largest absolute Gasteiger partial charge is 0.375 e. The second-order valence-electron chi connectivity index (χ2n) is 5.58. The predicted octanol–water partition coefficient (Wildman–Crippen LogP) is 2.83. The Kier molecular flexibility index (Phi) is 4.11. The molecule has 0 aromatic carbocycles. The first-order valence-electron chi connectivity index (χ1n) is 7.15. The van der Waals surface area contributed by atoms with Crippen molar-refractivity contribution in [1.82, 2.24) is 19.7 Å². The van der Waals surface area contributed by atoms with Crippen LogP contribution in [-0.4, -0.2) is 39.5 Å². The summed E-state index contributed by atoms with van der Waals surface area (Å²) in [5.74, 6) is -0.156. The van der Waals surface area contributed by atoms with E-state index < -0.39 is 0 Å². The molecule has 0 atom stereocenters. The molecule has 0 unspecified atom stereocenters. The number of fused-ring (bicyclic) bond motifs is 1. The smallest absolute Gasteiger partial charge is 0.226 e. The quantitative estimate of drug-likeness (QED) is 0.626. The predicted molar refractivity (Wildman–Crippen MR) is 84.4 cm³/mol. The van der Waals surface area contributed by atoms with Gasteiger partial charge < -0.3 is 4.90 Å². The Bertz CT molecular complexity index is 698. The first-order chi connectivity index (χ1) is 9.86. The van der Waals surface area contributed by atoms with E-state index in [1.807, 2.05) is 10.7 Å². The van der Waals surface area contributed by atoms with Crippen LogP contribution in [-0.2, 0) is 6.42 Å². The summed E-state index contributed by atoms with van der Waals surface area (Å²) in [7, 11) is 3.60. The Morgan fingerprint density at radius 3 is 2.57 bits per heavy atom. The lowest BCUT2D eigenvalue weighted by atomic mass is 10.1. The zero-order valence-corrected chi connectivity index (χ0v) is 13.3. The first-order valence-corrected chi connectivity index (χ1v) is 7.15. The topological polar surface area (TPSA) is 51.0 Å². The molecule has 0 spiro atoms. The van der Waals surface area contributed by atoms with Gasteiger partial charge in [-0.05, 0) is 32.4 Å². The minimum absolute atomic E-state index is 0.156. The molecule has 21 heavy (non-hydrogen) atoms. The highest BCUT2D eigenvalue weighted by molar-refractivity contribution is 6.07. The number of allylic oxidation sites excluding steroid dienone is 1. The van der Waals surface area contributed by atoms with Gasteiger partial charge in [0.15, 0.2) is 5.65 Å². The van der Waals surface area contributed by atoms with Crippen LogP contribution in [0.1, 0.15) is 43.0 Å². The number of likely N-dealkylation sites (N-methyl/N-ethyl adjacent to an activating group) is 1. The fraction of sp³-hybridized carbons (Fsp3) is 0.438. The highest BCUT2D eigenvalue weighted by atomic mass is 16.1. The molecule has 112 valence electrons. The van der Waals surface area contributed by atoms with Gasteiger partial charge >= 0.3 is 0 Å². The Balaban J connectivity index is 2.57. The Morgan fingerprint density at radius 2 is 2.05 bits per heavy atom. The van der Waals surface area contributed by atoms with Crippen molar-refractivity contribution in [3.05, 3.63) is 35.8 Å². The van der Waals surface area contributed by atoms with Crippen LogP contribution >= 0.6 is 0 Å².